The van der Waals surface area contributed by atoms with Crippen molar-refractivity contribution < 1.29 is 14.3 Å². The summed E-state index contributed by atoms with van der Waals surface area (Å²) >= 11 is 0. The van der Waals surface area contributed by atoms with Gasteiger partial charge >= 0.3 is 0 Å². The predicted octanol–water partition coefficient (Wildman–Crippen LogP) is 1.17. The van der Waals surface area contributed by atoms with Gasteiger partial charge in [0, 0.05) is 20.3 Å². The fourth-order valence-electron chi connectivity index (χ4n) is 2.92. The van der Waals surface area contributed by atoms with Crippen LogP contribution >= 0.6 is 0 Å². The van der Waals surface area contributed by atoms with E-state index in [0.717, 1.165) is 25.7 Å². The largest absolute Gasteiger partial charge is 0.385 e. The molecule has 5 heteroatoms. The molecule has 114 valence electrons. The highest BCUT2D eigenvalue weighted by Gasteiger charge is 2.47. The van der Waals surface area contributed by atoms with E-state index in [1.807, 2.05) is 6.92 Å². The monoisotopic (exact) mass is 282 g/mol. The molecule has 0 spiro atoms. The first kappa shape index (κ1) is 15.3. The Bertz CT molecular complexity index is 368. The molecule has 1 N–H and O–H groups in total. The molecule has 1 aliphatic heterocycles. The number of hydrogen-bond acceptors (Lipinski definition) is 3. The second-order valence-electron chi connectivity index (χ2n) is 6.03. The van der Waals surface area contributed by atoms with Gasteiger partial charge in [0.1, 0.15) is 12.1 Å². The minimum atomic E-state index is -0.320. The summed E-state index contributed by atoms with van der Waals surface area (Å²) in [6.07, 6.45) is 3.77. The van der Waals surface area contributed by atoms with Gasteiger partial charge in [-0.05, 0) is 31.1 Å². The molecule has 2 amide bonds. The lowest BCUT2D eigenvalue weighted by atomic mass is 9.92. The fraction of sp³-hybridized carbons (Fsp3) is 0.867. The van der Waals surface area contributed by atoms with Crippen LogP contribution in [-0.2, 0) is 14.3 Å². The Morgan fingerprint density at radius 1 is 1.40 bits per heavy atom. The highest BCUT2D eigenvalue weighted by Crippen LogP contribution is 2.36. The molecule has 0 bridgehead atoms. The van der Waals surface area contributed by atoms with Crippen molar-refractivity contribution in [1.82, 2.24) is 10.2 Å². The Labute approximate surface area is 121 Å². The molecule has 0 aromatic carbocycles. The van der Waals surface area contributed by atoms with Crippen LogP contribution in [0.15, 0.2) is 0 Å². The number of piperazine rings is 1. The van der Waals surface area contributed by atoms with Gasteiger partial charge in [0.05, 0.1) is 0 Å². The van der Waals surface area contributed by atoms with Crippen LogP contribution in [0.3, 0.4) is 0 Å². The van der Waals surface area contributed by atoms with Crippen molar-refractivity contribution in [1.29, 1.82) is 0 Å². The third-order valence-corrected chi connectivity index (χ3v) is 4.48. The van der Waals surface area contributed by atoms with E-state index in [0.29, 0.717) is 19.1 Å². The summed E-state index contributed by atoms with van der Waals surface area (Å²) in [5, 5.41) is 2.95. The second kappa shape index (κ2) is 6.57. The fourth-order valence-corrected chi connectivity index (χ4v) is 2.92. The average molecular weight is 282 g/mol. The van der Waals surface area contributed by atoms with Crippen molar-refractivity contribution in [3.05, 3.63) is 0 Å². The van der Waals surface area contributed by atoms with Gasteiger partial charge in [0.15, 0.2) is 0 Å². The van der Waals surface area contributed by atoms with Crippen LogP contribution < -0.4 is 5.32 Å². The zero-order chi connectivity index (χ0) is 14.7. The van der Waals surface area contributed by atoms with Crippen LogP contribution in [0.2, 0.25) is 0 Å². The number of methoxy groups -OCH3 is 1. The molecule has 2 fully saturated rings. The van der Waals surface area contributed by atoms with Crippen molar-refractivity contribution in [3.8, 4) is 0 Å². The zero-order valence-corrected chi connectivity index (χ0v) is 12.7. The molecule has 5 nitrogen and oxygen atoms in total. The van der Waals surface area contributed by atoms with Gasteiger partial charge in [-0.15, -0.1) is 0 Å². The highest BCUT2D eigenvalue weighted by atomic mass is 16.5. The van der Waals surface area contributed by atoms with E-state index in [-0.39, 0.29) is 29.8 Å². The summed E-state index contributed by atoms with van der Waals surface area (Å²) in [7, 11) is 1.66. The molecule has 1 saturated carbocycles. The van der Waals surface area contributed by atoms with Crippen molar-refractivity contribution >= 4 is 11.8 Å². The Kier molecular flexibility index (Phi) is 5.02. The summed E-state index contributed by atoms with van der Waals surface area (Å²) in [5.74, 6) is 0.665. The predicted molar refractivity (Wildman–Crippen MR) is 76.1 cm³/mol. The number of amides is 2. The molecule has 2 aliphatic rings. The van der Waals surface area contributed by atoms with Crippen LogP contribution in [0.5, 0.6) is 0 Å². The van der Waals surface area contributed by atoms with E-state index in [2.05, 4.69) is 12.2 Å². The number of hydrogen-bond donors (Lipinski definition) is 1. The lowest BCUT2D eigenvalue weighted by Crippen LogP contribution is -2.65. The van der Waals surface area contributed by atoms with Crippen LogP contribution in [0.25, 0.3) is 0 Å². The highest BCUT2D eigenvalue weighted by molar-refractivity contribution is 5.97. The molecule has 3 atom stereocenters. The maximum absolute atomic E-state index is 12.6. The van der Waals surface area contributed by atoms with E-state index in [4.69, 9.17) is 4.74 Å². The van der Waals surface area contributed by atoms with E-state index < -0.39 is 0 Å². The van der Waals surface area contributed by atoms with Gasteiger partial charge in [-0.25, -0.2) is 0 Å². The number of nitrogens with zero attached hydrogens (tertiary/aromatic N) is 1. The average Bonchev–Trinajstić information content (AvgIpc) is 3.26. The Balaban J connectivity index is 2.11. The third kappa shape index (κ3) is 3.14. The number of ether oxygens (including phenoxy) is 1. The molecule has 3 unspecified atom stereocenters. The van der Waals surface area contributed by atoms with Crippen LogP contribution in [0, 0.1) is 11.8 Å². The van der Waals surface area contributed by atoms with Crippen molar-refractivity contribution in [2.24, 2.45) is 11.8 Å². The lowest BCUT2D eigenvalue weighted by molar-refractivity contribution is -0.152. The Morgan fingerprint density at radius 2 is 2.10 bits per heavy atom. The Hall–Kier alpha value is -1.10. The van der Waals surface area contributed by atoms with Crippen LogP contribution in [0.1, 0.15) is 39.5 Å². The molecular formula is C15H26N2O3. The van der Waals surface area contributed by atoms with Gasteiger partial charge in [-0.3, -0.25) is 9.59 Å². The molecule has 1 saturated heterocycles. The molecule has 20 heavy (non-hydrogen) atoms. The molecule has 0 radical (unpaired) electrons. The minimum Gasteiger partial charge on any atom is -0.385 e. The standard InChI is InChI=1S/C15H26N2O3/c1-4-10(2)13-14(18)16-12(11-6-7-11)15(19)17(13)8-5-9-20-3/h10-13H,4-9H2,1-3H3,(H,16,18). The van der Waals surface area contributed by atoms with Gasteiger partial charge in [-0.2, -0.15) is 0 Å². The van der Waals surface area contributed by atoms with E-state index in [1.54, 1.807) is 12.0 Å². The van der Waals surface area contributed by atoms with E-state index in [9.17, 15) is 9.59 Å². The first-order valence-electron chi connectivity index (χ1n) is 7.70. The smallest absolute Gasteiger partial charge is 0.246 e. The van der Waals surface area contributed by atoms with Crippen LogP contribution in [0.4, 0.5) is 0 Å². The maximum atomic E-state index is 12.6. The van der Waals surface area contributed by atoms with Gasteiger partial charge in [-0.1, -0.05) is 20.3 Å². The quantitative estimate of drug-likeness (QED) is 0.713. The molecular weight excluding hydrogens is 256 g/mol. The molecule has 1 aliphatic carbocycles. The Morgan fingerprint density at radius 3 is 2.65 bits per heavy atom. The SMILES string of the molecule is CCC(C)C1C(=O)NC(C2CC2)C(=O)N1CCCOC. The van der Waals surface area contributed by atoms with Crippen molar-refractivity contribution in [3.63, 3.8) is 0 Å². The summed E-state index contributed by atoms with van der Waals surface area (Å²) in [6, 6.07) is -0.607. The lowest BCUT2D eigenvalue weighted by Gasteiger charge is -2.41. The number of carbonyl (C=O) groups excluding carboxylic acids is 2. The first-order valence-corrected chi connectivity index (χ1v) is 7.70. The number of rotatable bonds is 7. The van der Waals surface area contributed by atoms with Gasteiger partial charge < -0.3 is 15.0 Å². The van der Waals surface area contributed by atoms with E-state index >= 15 is 0 Å². The summed E-state index contributed by atoms with van der Waals surface area (Å²) in [6.45, 7) is 5.33. The van der Waals surface area contributed by atoms with Gasteiger partial charge in [0.2, 0.25) is 11.8 Å². The summed E-state index contributed by atoms with van der Waals surface area (Å²) < 4.78 is 5.07. The summed E-state index contributed by atoms with van der Waals surface area (Å²) in [5.41, 5.74) is 0. The normalized spacial score (nSPS) is 28.4. The molecule has 0 aromatic rings. The molecule has 2 rings (SSSR count). The second-order valence-corrected chi connectivity index (χ2v) is 6.03. The summed E-state index contributed by atoms with van der Waals surface area (Å²) in [4.78, 5) is 26.8. The minimum absolute atomic E-state index is 0.0215. The van der Waals surface area contributed by atoms with Crippen LogP contribution in [-0.4, -0.2) is 49.1 Å². The van der Waals surface area contributed by atoms with Crippen molar-refractivity contribution in [2.45, 2.75) is 51.6 Å². The van der Waals surface area contributed by atoms with Crippen molar-refractivity contribution in [2.75, 3.05) is 20.3 Å². The zero-order valence-electron chi connectivity index (χ0n) is 12.7. The molecule has 1 heterocycles. The number of carbonyl (C=O) groups is 2. The maximum Gasteiger partial charge on any atom is 0.246 e. The topological polar surface area (TPSA) is 58.6 Å². The van der Waals surface area contributed by atoms with Gasteiger partial charge in [0.25, 0.3) is 0 Å². The van der Waals surface area contributed by atoms with E-state index in [1.165, 1.54) is 0 Å². The molecule has 0 aromatic heterocycles. The third-order valence-electron chi connectivity index (χ3n) is 4.48. The number of nitrogens with one attached hydrogen (secondary N) is 1. The first-order chi connectivity index (χ1) is 9.60.